The van der Waals surface area contributed by atoms with Crippen molar-refractivity contribution in [3.63, 3.8) is 0 Å². The summed E-state index contributed by atoms with van der Waals surface area (Å²) in [5.74, 6) is -1.73. The van der Waals surface area contributed by atoms with Crippen molar-refractivity contribution in [2.45, 2.75) is 25.7 Å². The van der Waals surface area contributed by atoms with Crippen LogP contribution in [0.3, 0.4) is 0 Å². The van der Waals surface area contributed by atoms with Crippen LogP contribution in [0.5, 0.6) is 0 Å². The highest BCUT2D eigenvalue weighted by Gasteiger charge is 2.32. The number of para-hydroxylation sites is 1. The highest BCUT2D eigenvalue weighted by molar-refractivity contribution is 7.18. The minimum atomic E-state index is -0.901. The lowest BCUT2D eigenvalue weighted by molar-refractivity contribution is -0.141. The van der Waals surface area contributed by atoms with Gasteiger partial charge in [-0.2, -0.15) is 0 Å². The summed E-state index contributed by atoms with van der Waals surface area (Å²) < 4.78 is 1.13. The predicted molar refractivity (Wildman–Crippen MR) is 94.0 cm³/mol. The van der Waals surface area contributed by atoms with Crippen LogP contribution in [0.2, 0.25) is 0 Å². The summed E-state index contributed by atoms with van der Waals surface area (Å²) in [5, 5.41) is 12.7. The zero-order valence-corrected chi connectivity index (χ0v) is 14.3. The summed E-state index contributed by atoms with van der Waals surface area (Å²) in [4.78, 5) is 28.2. The molecule has 0 fully saturated rings. The van der Waals surface area contributed by atoms with Crippen molar-refractivity contribution < 1.29 is 14.7 Å². The van der Waals surface area contributed by atoms with E-state index >= 15 is 0 Å². The minimum absolute atomic E-state index is 0.0486. The molecular weight excluding hydrogens is 324 g/mol. The lowest BCUT2D eigenvalue weighted by atomic mass is 9.82. The van der Waals surface area contributed by atoms with Crippen molar-refractivity contribution in [2.75, 3.05) is 6.54 Å². The van der Waals surface area contributed by atoms with E-state index < -0.39 is 11.9 Å². The van der Waals surface area contributed by atoms with Gasteiger partial charge >= 0.3 is 5.97 Å². The Morgan fingerprint density at radius 2 is 2.08 bits per heavy atom. The summed E-state index contributed by atoms with van der Waals surface area (Å²) in [6.07, 6.45) is 5.56. The Bertz CT molecular complexity index is 750. The molecule has 5 nitrogen and oxygen atoms in total. The second-order valence-electron chi connectivity index (χ2n) is 6.16. The summed E-state index contributed by atoms with van der Waals surface area (Å²) in [6.45, 7) is 1.75. The molecule has 1 aromatic heterocycles. The van der Waals surface area contributed by atoms with Gasteiger partial charge in [-0.3, -0.25) is 9.59 Å². The molecule has 1 aliphatic rings. The summed E-state index contributed by atoms with van der Waals surface area (Å²) in [5.41, 5.74) is 0.964. The van der Waals surface area contributed by atoms with Crippen LogP contribution >= 0.6 is 11.3 Å². The van der Waals surface area contributed by atoms with Gasteiger partial charge in [0.15, 0.2) is 0 Å². The quantitative estimate of drug-likeness (QED) is 0.817. The lowest BCUT2D eigenvalue weighted by Crippen LogP contribution is -2.38. The molecule has 1 heterocycles. The molecule has 0 radical (unpaired) electrons. The van der Waals surface area contributed by atoms with E-state index in [0.29, 0.717) is 6.42 Å². The third kappa shape index (κ3) is 3.48. The van der Waals surface area contributed by atoms with E-state index in [4.69, 9.17) is 10.1 Å². The number of nitrogens with zero attached hydrogens (tertiary/aromatic N) is 1. The normalized spacial score (nSPS) is 21.5. The van der Waals surface area contributed by atoms with Crippen LogP contribution in [0, 0.1) is 11.8 Å². The summed E-state index contributed by atoms with van der Waals surface area (Å²) in [7, 11) is 0. The SMILES string of the molecule is CC(CNC(=O)C1CC=CCC1c1nc2ccccc2s1)C(=O)O. The van der Waals surface area contributed by atoms with Crippen molar-refractivity contribution in [3.05, 3.63) is 41.4 Å². The molecule has 6 heteroatoms. The zero-order valence-electron chi connectivity index (χ0n) is 13.4. The van der Waals surface area contributed by atoms with E-state index in [1.165, 1.54) is 0 Å². The fourth-order valence-electron chi connectivity index (χ4n) is 2.90. The van der Waals surface area contributed by atoms with Crippen molar-refractivity contribution in [1.82, 2.24) is 10.3 Å². The zero-order chi connectivity index (χ0) is 17.1. The van der Waals surface area contributed by atoms with Crippen LogP contribution in [0.1, 0.15) is 30.7 Å². The molecular formula is C18H20N2O3S. The topological polar surface area (TPSA) is 79.3 Å². The molecule has 1 aromatic carbocycles. The van der Waals surface area contributed by atoms with Crippen LogP contribution in [0.15, 0.2) is 36.4 Å². The molecule has 0 aliphatic heterocycles. The molecule has 0 spiro atoms. The van der Waals surface area contributed by atoms with E-state index in [-0.39, 0.29) is 24.3 Å². The van der Waals surface area contributed by atoms with E-state index in [1.54, 1.807) is 18.3 Å². The Morgan fingerprint density at radius 3 is 2.83 bits per heavy atom. The largest absolute Gasteiger partial charge is 0.481 e. The number of carboxylic acid groups (broad SMARTS) is 1. The van der Waals surface area contributed by atoms with Crippen molar-refractivity contribution >= 4 is 33.4 Å². The number of thiazole rings is 1. The molecule has 0 bridgehead atoms. The minimum Gasteiger partial charge on any atom is -0.481 e. The number of hydrogen-bond acceptors (Lipinski definition) is 4. The fraction of sp³-hybridized carbons (Fsp3) is 0.389. The van der Waals surface area contributed by atoms with Crippen LogP contribution in [-0.4, -0.2) is 28.5 Å². The highest BCUT2D eigenvalue weighted by atomic mass is 32.1. The lowest BCUT2D eigenvalue weighted by Gasteiger charge is -2.26. The van der Waals surface area contributed by atoms with Gasteiger partial charge in [0.25, 0.3) is 0 Å². The molecule has 0 saturated heterocycles. The van der Waals surface area contributed by atoms with Crippen molar-refractivity contribution in [3.8, 4) is 0 Å². The third-order valence-corrected chi connectivity index (χ3v) is 5.57. The maximum atomic E-state index is 12.6. The maximum absolute atomic E-state index is 12.6. The molecule has 0 saturated carbocycles. The maximum Gasteiger partial charge on any atom is 0.308 e. The van der Waals surface area contributed by atoms with E-state index in [1.807, 2.05) is 30.3 Å². The first-order valence-corrected chi connectivity index (χ1v) is 8.89. The Morgan fingerprint density at radius 1 is 1.33 bits per heavy atom. The molecule has 3 unspecified atom stereocenters. The molecule has 1 amide bonds. The Labute approximate surface area is 144 Å². The van der Waals surface area contributed by atoms with Crippen molar-refractivity contribution in [2.24, 2.45) is 11.8 Å². The number of nitrogens with one attached hydrogen (secondary N) is 1. The van der Waals surface area contributed by atoms with Gasteiger partial charge < -0.3 is 10.4 Å². The second-order valence-corrected chi connectivity index (χ2v) is 7.22. The number of carboxylic acids is 1. The second kappa shape index (κ2) is 7.13. The smallest absolute Gasteiger partial charge is 0.308 e. The molecule has 3 rings (SSSR count). The van der Waals surface area contributed by atoms with Gasteiger partial charge in [0.2, 0.25) is 5.91 Å². The number of carbonyl (C=O) groups excluding carboxylic acids is 1. The van der Waals surface area contributed by atoms with Gasteiger partial charge in [0.05, 0.1) is 27.1 Å². The number of hydrogen-bond donors (Lipinski definition) is 2. The monoisotopic (exact) mass is 344 g/mol. The summed E-state index contributed by atoms with van der Waals surface area (Å²) in [6, 6.07) is 7.98. The number of benzene rings is 1. The Kier molecular flexibility index (Phi) is 4.94. The summed E-state index contributed by atoms with van der Waals surface area (Å²) >= 11 is 1.64. The van der Waals surface area contributed by atoms with Crippen LogP contribution < -0.4 is 5.32 Å². The molecule has 2 aromatic rings. The average molecular weight is 344 g/mol. The van der Waals surface area contributed by atoms with Gasteiger partial charge in [-0.05, 0) is 25.0 Å². The number of fused-ring (bicyclic) bond motifs is 1. The molecule has 3 atom stereocenters. The first kappa shape index (κ1) is 16.6. The van der Waals surface area contributed by atoms with Crippen LogP contribution in [0.4, 0.5) is 0 Å². The van der Waals surface area contributed by atoms with Gasteiger partial charge in [-0.1, -0.05) is 31.2 Å². The number of aliphatic carboxylic acids is 1. The average Bonchev–Trinajstić information content (AvgIpc) is 3.03. The molecule has 2 N–H and O–H groups in total. The number of allylic oxidation sites excluding steroid dienone is 2. The first-order chi connectivity index (χ1) is 11.6. The van der Waals surface area contributed by atoms with Gasteiger partial charge in [-0.15, -0.1) is 11.3 Å². The van der Waals surface area contributed by atoms with Crippen LogP contribution in [-0.2, 0) is 9.59 Å². The number of carbonyl (C=O) groups is 2. The third-order valence-electron chi connectivity index (χ3n) is 4.40. The van der Waals surface area contributed by atoms with E-state index in [9.17, 15) is 9.59 Å². The number of rotatable bonds is 5. The van der Waals surface area contributed by atoms with E-state index in [2.05, 4.69) is 11.4 Å². The highest BCUT2D eigenvalue weighted by Crippen LogP contribution is 2.38. The van der Waals surface area contributed by atoms with Gasteiger partial charge in [-0.25, -0.2) is 4.98 Å². The number of aromatic nitrogens is 1. The van der Waals surface area contributed by atoms with Gasteiger partial charge in [0, 0.05) is 12.5 Å². The first-order valence-electron chi connectivity index (χ1n) is 8.07. The fourth-order valence-corrected chi connectivity index (χ4v) is 4.04. The molecule has 1 aliphatic carbocycles. The Balaban J connectivity index is 1.77. The Hall–Kier alpha value is -2.21. The number of amides is 1. The predicted octanol–water partition coefficient (Wildman–Crippen LogP) is 3.18. The van der Waals surface area contributed by atoms with Gasteiger partial charge in [0.1, 0.15) is 0 Å². The molecule has 24 heavy (non-hydrogen) atoms. The van der Waals surface area contributed by atoms with Crippen molar-refractivity contribution in [1.29, 1.82) is 0 Å². The van der Waals surface area contributed by atoms with Crippen LogP contribution in [0.25, 0.3) is 10.2 Å². The standard InChI is InChI=1S/C18H20N2O3S/c1-11(18(22)23)10-19-16(21)12-6-2-3-7-13(12)17-20-14-8-4-5-9-15(14)24-17/h2-5,8-9,11-13H,6-7,10H2,1H3,(H,19,21)(H,22,23). The molecule has 126 valence electrons. The van der Waals surface area contributed by atoms with E-state index in [0.717, 1.165) is 21.6 Å².